The largest absolute Gasteiger partial charge is 0.421 e. The summed E-state index contributed by atoms with van der Waals surface area (Å²) in [5.41, 5.74) is 4.86. The summed E-state index contributed by atoms with van der Waals surface area (Å²) in [6, 6.07) is 11.0. The molecule has 0 spiro atoms. The number of amides is 1. The number of morpholine rings is 1. The summed E-state index contributed by atoms with van der Waals surface area (Å²) in [6.07, 6.45) is 3.44. The third-order valence-corrected chi connectivity index (χ3v) is 9.54. The summed E-state index contributed by atoms with van der Waals surface area (Å²) in [4.78, 5) is 34.2. The maximum atomic E-state index is 14.4. The zero-order valence-corrected chi connectivity index (χ0v) is 26.2. The van der Waals surface area contributed by atoms with Gasteiger partial charge in [-0.15, -0.1) is 10.2 Å². The summed E-state index contributed by atoms with van der Waals surface area (Å²) < 4.78 is 38.9. The average molecular weight is 651 g/mol. The van der Waals surface area contributed by atoms with Crippen LogP contribution < -0.4 is 5.76 Å². The summed E-state index contributed by atoms with van der Waals surface area (Å²) in [6.45, 7) is 4.44. The fourth-order valence-corrected chi connectivity index (χ4v) is 7.10. The van der Waals surface area contributed by atoms with E-state index >= 15 is 0 Å². The van der Waals surface area contributed by atoms with Crippen molar-refractivity contribution in [1.82, 2.24) is 24.6 Å². The van der Waals surface area contributed by atoms with Crippen molar-refractivity contribution in [2.45, 2.75) is 45.2 Å². The third kappa shape index (κ3) is 5.17. The number of aryl methyl sites for hydroxylation is 2. The van der Waals surface area contributed by atoms with E-state index in [0.717, 1.165) is 38.2 Å². The molecule has 12 nitrogen and oxygen atoms in total. The van der Waals surface area contributed by atoms with E-state index < -0.39 is 11.6 Å². The second kappa shape index (κ2) is 12.1. The lowest BCUT2D eigenvalue weighted by atomic mass is 9.88. The van der Waals surface area contributed by atoms with Crippen molar-refractivity contribution in [2.75, 3.05) is 33.0 Å². The number of hydrogen-bond donors (Lipinski definition) is 0. The predicted molar refractivity (Wildman–Crippen MR) is 168 cm³/mol. The van der Waals surface area contributed by atoms with Crippen LogP contribution in [0.5, 0.6) is 0 Å². The second-order valence-electron chi connectivity index (χ2n) is 12.4. The Morgan fingerprint density at radius 1 is 1.00 bits per heavy atom. The smallest absolute Gasteiger partial charge is 0.420 e. The van der Waals surface area contributed by atoms with Gasteiger partial charge >= 0.3 is 5.76 Å². The monoisotopic (exact) mass is 650 g/mol. The number of carbonyl (C=O) groups is 1. The van der Waals surface area contributed by atoms with Gasteiger partial charge in [0.2, 0.25) is 11.8 Å². The molecule has 0 unspecified atom stereocenters. The van der Waals surface area contributed by atoms with Crippen LogP contribution in [0.15, 0.2) is 50.0 Å². The normalized spacial score (nSPS) is 17.9. The van der Waals surface area contributed by atoms with Gasteiger partial charge in [-0.25, -0.2) is 9.18 Å². The highest BCUT2D eigenvalue weighted by Crippen LogP contribution is 2.46. The van der Waals surface area contributed by atoms with Crippen LogP contribution in [0.2, 0.25) is 0 Å². The fourth-order valence-electron chi connectivity index (χ4n) is 7.10. The first-order valence-electron chi connectivity index (χ1n) is 16.1. The molecule has 0 bridgehead atoms. The number of carbonyl (C=O) groups excluding carboxylic acids is 1. The standard InChI is InChI=1S/C35H31FN6O6/c1-19-39-40-33(47-19)30-25(6-3-20-8-11-45-12-9-20)38-32-27-18-46-13-10-41(27)34(43)31(32)29(30)22-5-7-26-28(15-22)48-35(44)42(26)17-21-2-4-23(16-37)24(36)14-21/h2,4-5,7,14-15,20,27H,3,6,8-13,17-18H2,1H3/t27-/m0/s1. The van der Waals surface area contributed by atoms with Crippen LogP contribution >= 0.6 is 0 Å². The van der Waals surface area contributed by atoms with Crippen molar-refractivity contribution >= 4 is 17.0 Å². The highest BCUT2D eigenvalue weighted by molar-refractivity contribution is 6.08. The number of rotatable bonds is 7. The molecule has 6 heterocycles. The fraction of sp³-hybridized carbons (Fsp3) is 0.371. The zero-order chi connectivity index (χ0) is 32.9. The van der Waals surface area contributed by atoms with E-state index in [0.29, 0.717) is 82.6 Å². The van der Waals surface area contributed by atoms with Gasteiger partial charge < -0.3 is 23.2 Å². The van der Waals surface area contributed by atoms with Gasteiger partial charge in [-0.05, 0) is 67.0 Å². The Morgan fingerprint density at radius 2 is 1.85 bits per heavy atom. The molecule has 0 radical (unpaired) electrons. The quantitative estimate of drug-likeness (QED) is 0.237. The van der Waals surface area contributed by atoms with Gasteiger partial charge in [0.1, 0.15) is 11.9 Å². The van der Waals surface area contributed by atoms with Crippen LogP contribution in [0.25, 0.3) is 33.7 Å². The minimum absolute atomic E-state index is 0.0382. The lowest BCUT2D eigenvalue weighted by molar-refractivity contribution is 0.00352. The lowest BCUT2D eigenvalue weighted by Crippen LogP contribution is -2.38. The van der Waals surface area contributed by atoms with Gasteiger partial charge in [0.05, 0.1) is 59.4 Å². The molecule has 1 amide bonds. The van der Waals surface area contributed by atoms with Crippen LogP contribution in [0, 0.1) is 30.0 Å². The molecular formula is C35H31FN6O6. The van der Waals surface area contributed by atoms with E-state index in [9.17, 15) is 14.0 Å². The zero-order valence-electron chi connectivity index (χ0n) is 26.2. The molecule has 0 aliphatic carbocycles. The summed E-state index contributed by atoms with van der Waals surface area (Å²) in [7, 11) is 0. The molecule has 13 heteroatoms. The number of nitriles is 1. The molecular weight excluding hydrogens is 619 g/mol. The van der Waals surface area contributed by atoms with E-state index in [1.54, 1.807) is 31.2 Å². The number of fused-ring (bicyclic) bond motifs is 4. The average Bonchev–Trinajstić information content (AvgIpc) is 3.76. The summed E-state index contributed by atoms with van der Waals surface area (Å²) in [5, 5.41) is 17.6. The Balaban J connectivity index is 1.29. The molecule has 3 aromatic heterocycles. The Morgan fingerprint density at radius 3 is 2.62 bits per heavy atom. The van der Waals surface area contributed by atoms with Crippen LogP contribution in [0.3, 0.4) is 0 Å². The number of halogens is 1. The Bertz CT molecular complexity index is 2170. The number of nitrogens with zero attached hydrogens (tertiary/aromatic N) is 6. The van der Waals surface area contributed by atoms with Crippen molar-refractivity contribution in [3.05, 3.63) is 86.7 Å². The van der Waals surface area contributed by atoms with Crippen molar-refractivity contribution in [3.63, 3.8) is 0 Å². The van der Waals surface area contributed by atoms with Crippen molar-refractivity contribution < 1.29 is 27.5 Å². The molecule has 3 aliphatic heterocycles. The molecule has 5 aromatic rings. The topological polar surface area (TPSA) is 150 Å². The number of hydrogen-bond acceptors (Lipinski definition) is 10. The molecule has 2 saturated heterocycles. The minimum Gasteiger partial charge on any atom is -0.421 e. The molecule has 2 aromatic carbocycles. The van der Waals surface area contributed by atoms with E-state index in [-0.39, 0.29) is 29.9 Å². The van der Waals surface area contributed by atoms with Crippen molar-refractivity contribution in [1.29, 1.82) is 5.26 Å². The molecule has 3 aliphatic rings. The maximum Gasteiger partial charge on any atom is 0.420 e. The molecule has 8 rings (SSSR count). The maximum absolute atomic E-state index is 14.4. The Kier molecular flexibility index (Phi) is 7.61. The minimum atomic E-state index is -0.660. The highest BCUT2D eigenvalue weighted by atomic mass is 19.1. The van der Waals surface area contributed by atoms with Crippen molar-refractivity contribution in [2.24, 2.45) is 5.92 Å². The Labute approximate surface area is 273 Å². The number of oxazole rings is 1. The van der Waals surface area contributed by atoms with Gasteiger partial charge in [0, 0.05) is 32.2 Å². The van der Waals surface area contributed by atoms with E-state index in [1.807, 2.05) is 11.0 Å². The SMILES string of the molecule is Cc1nnc(-c2c(CCC3CCOCC3)nc3c(c2-c2ccc4c(c2)oc(=O)n4Cc2ccc(C#N)c(F)c2)C(=O)N2CCOC[C@@H]32)o1. The van der Waals surface area contributed by atoms with E-state index in [1.165, 1.54) is 16.7 Å². The van der Waals surface area contributed by atoms with Gasteiger partial charge in [-0.1, -0.05) is 12.1 Å². The lowest BCUT2D eigenvalue weighted by Gasteiger charge is -2.29. The molecule has 1 atom stereocenters. The number of aromatic nitrogens is 4. The summed E-state index contributed by atoms with van der Waals surface area (Å²) >= 11 is 0. The molecule has 0 saturated carbocycles. The van der Waals surface area contributed by atoms with E-state index in [4.69, 9.17) is 28.6 Å². The molecule has 48 heavy (non-hydrogen) atoms. The Hall–Kier alpha value is -5.19. The van der Waals surface area contributed by atoms with Gasteiger partial charge in [-0.2, -0.15) is 5.26 Å². The first-order valence-corrected chi connectivity index (χ1v) is 16.1. The van der Waals surface area contributed by atoms with Crippen LogP contribution in [-0.4, -0.2) is 63.5 Å². The number of ether oxygens (including phenoxy) is 2. The first-order chi connectivity index (χ1) is 23.4. The van der Waals surface area contributed by atoms with Crippen LogP contribution in [0.1, 0.15) is 64.1 Å². The van der Waals surface area contributed by atoms with Gasteiger partial charge in [0.25, 0.3) is 5.91 Å². The van der Waals surface area contributed by atoms with E-state index in [2.05, 4.69) is 10.2 Å². The molecule has 2 fully saturated rings. The number of benzene rings is 2. The second-order valence-corrected chi connectivity index (χ2v) is 12.4. The third-order valence-electron chi connectivity index (χ3n) is 9.54. The molecule has 244 valence electrons. The first kappa shape index (κ1) is 30.2. The van der Waals surface area contributed by atoms with Gasteiger partial charge in [0.15, 0.2) is 5.58 Å². The van der Waals surface area contributed by atoms with Crippen LogP contribution in [-0.2, 0) is 22.4 Å². The molecule has 0 N–H and O–H groups in total. The van der Waals surface area contributed by atoms with Crippen LogP contribution in [0.4, 0.5) is 4.39 Å². The predicted octanol–water partition coefficient (Wildman–Crippen LogP) is 4.96. The summed E-state index contributed by atoms with van der Waals surface area (Å²) in [5.74, 6) is -0.330. The van der Waals surface area contributed by atoms with Crippen molar-refractivity contribution in [3.8, 4) is 28.7 Å². The van der Waals surface area contributed by atoms with Gasteiger partial charge in [-0.3, -0.25) is 14.3 Å². The highest BCUT2D eigenvalue weighted by Gasteiger charge is 2.44. The number of pyridine rings is 1.